The summed E-state index contributed by atoms with van der Waals surface area (Å²) in [7, 11) is 0. The van der Waals surface area contributed by atoms with Crippen LogP contribution in [0.5, 0.6) is 0 Å². The normalized spacial score (nSPS) is 11.0. The van der Waals surface area contributed by atoms with Gasteiger partial charge in [0.25, 0.3) is 12.3 Å². The number of halogens is 2. The predicted octanol–water partition coefficient (Wildman–Crippen LogP) is 3.31. The third kappa shape index (κ3) is 4.83. The molecule has 4 rings (SSSR count). The van der Waals surface area contributed by atoms with Crippen LogP contribution in [0.2, 0.25) is 0 Å². The summed E-state index contributed by atoms with van der Waals surface area (Å²) in [5, 5.41) is 13.0. The van der Waals surface area contributed by atoms with Crippen molar-refractivity contribution in [3.05, 3.63) is 52.3 Å². The van der Waals surface area contributed by atoms with Crippen LogP contribution in [0, 0.1) is 6.92 Å². The van der Waals surface area contributed by atoms with Crippen molar-refractivity contribution in [2.75, 3.05) is 11.9 Å². The Morgan fingerprint density at radius 3 is 2.72 bits per heavy atom. The second-order valence-corrected chi connectivity index (χ2v) is 7.37. The van der Waals surface area contributed by atoms with Gasteiger partial charge in [0.05, 0.1) is 12.1 Å². The largest absolute Gasteiger partial charge is 0.434 e. The molecule has 164 valence electrons. The molecular weight excluding hydrogens is 444 g/mol. The van der Waals surface area contributed by atoms with Crippen molar-refractivity contribution >= 4 is 23.2 Å². The molecule has 2 amide bonds. The summed E-state index contributed by atoms with van der Waals surface area (Å²) >= 11 is 1.39. The number of hydrogen-bond acceptors (Lipinski definition) is 8. The average Bonchev–Trinajstić information content (AvgIpc) is 3.40. The molecule has 0 spiro atoms. The highest BCUT2D eigenvalue weighted by molar-refractivity contribution is 7.13. The Labute approximate surface area is 182 Å². The van der Waals surface area contributed by atoms with Gasteiger partial charge in [0.1, 0.15) is 10.8 Å². The third-order valence-corrected chi connectivity index (χ3v) is 5.14. The number of rotatable bonds is 6. The van der Waals surface area contributed by atoms with Gasteiger partial charge in [-0.2, -0.15) is 0 Å². The molecule has 0 saturated carbocycles. The van der Waals surface area contributed by atoms with Crippen molar-refractivity contribution in [3.8, 4) is 33.2 Å². The fourth-order valence-corrected chi connectivity index (χ4v) is 3.62. The van der Waals surface area contributed by atoms with Gasteiger partial charge in [0, 0.05) is 46.4 Å². The van der Waals surface area contributed by atoms with Gasteiger partial charge in [-0.15, -0.1) is 16.4 Å². The SMILES string of the molecule is Cc1csc(-c2cc(NC(=O)NCC(F)F)ncc2-c2cncc(-c3n[nH]c(=O)o3)c2)n1. The first-order valence-corrected chi connectivity index (χ1v) is 10.0. The summed E-state index contributed by atoms with van der Waals surface area (Å²) in [6, 6.07) is 2.51. The van der Waals surface area contributed by atoms with Gasteiger partial charge in [0.15, 0.2) is 0 Å². The highest BCUT2D eigenvalue weighted by atomic mass is 32.1. The average molecular weight is 459 g/mol. The number of thiazole rings is 1. The molecule has 0 aliphatic rings. The van der Waals surface area contributed by atoms with Crippen molar-refractivity contribution < 1.29 is 18.0 Å². The molecule has 10 nitrogen and oxygen atoms in total. The highest BCUT2D eigenvalue weighted by Crippen LogP contribution is 2.35. The maximum Gasteiger partial charge on any atom is 0.434 e. The van der Waals surface area contributed by atoms with E-state index in [1.807, 2.05) is 12.3 Å². The van der Waals surface area contributed by atoms with Crippen LogP contribution in [0.4, 0.5) is 19.4 Å². The molecule has 0 bridgehead atoms. The lowest BCUT2D eigenvalue weighted by atomic mass is 10.0. The first-order chi connectivity index (χ1) is 15.4. The van der Waals surface area contributed by atoms with Gasteiger partial charge < -0.3 is 9.73 Å². The second kappa shape index (κ2) is 9.01. The van der Waals surface area contributed by atoms with Crippen molar-refractivity contribution in [3.63, 3.8) is 0 Å². The molecule has 4 aromatic heterocycles. The molecule has 0 unspecified atom stereocenters. The van der Waals surface area contributed by atoms with E-state index in [9.17, 15) is 18.4 Å². The third-order valence-electron chi connectivity index (χ3n) is 4.15. The van der Waals surface area contributed by atoms with Gasteiger partial charge >= 0.3 is 11.8 Å². The number of alkyl halides is 2. The lowest BCUT2D eigenvalue weighted by Crippen LogP contribution is -2.32. The van der Waals surface area contributed by atoms with Crippen LogP contribution in [-0.2, 0) is 0 Å². The van der Waals surface area contributed by atoms with E-state index in [0.29, 0.717) is 27.3 Å². The summed E-state index contributed by atoms with van der Waals surface area (Å²) in [6.07, 6.45) is 1.93. The molecule has 0 fully saturated rings. The Kier molecular flexibility index (Phi) is 5.98. The van der Waals surface area contributed by atoms with Crippen LogP contribution in [0.3, 0.4) is 0 Å². The minimum Gasteiger partial charge on any atom is -0.388 e. The van der Waals surface area contributed by atoms with E-state index in [-0.39, 0.29) is 11.7 Å². The van der Waals surface area contributed by atoms with E-state index < -0.39 is 24.8 Å². The summed E-state index contributed by atoms with van der Waals surface area (Å²) in [4.78, 5) is 36.0. The molecule has 0 aromatic carbocycles. The molecule has 0 radical (unpaired) electrons. The van der Waals surface area contributed by atoms with Crippen molar-refractivity contribution in [1.29, 1.82) is 0 Å². The minimum absolute atomic E-state index is 0.0814. The van der Waals surface area contributed by atoms with E-state index >= 15 is 0 Å². The number of anilines is 1. The number of carbonyl (C=O) groups excluding carboxylic acids is 1. The standard InChI is InChI=1S/C19H15F2N7O3S/c1-9-8-32-17(25-9)12-3-15(26-18(29)24-7-14(20)21)23-6-13(12)10-2-11(5-22-4-10)16-27-28-19(30)31-16/h2-6,8,14H,7H2,1H3,(H,28,30)(H2,23,24,26,29). The fraction of sp³-hybridized carbons (Fsp3) is 0.158. The van der Waals surface area contributed by atoms with E-state index in [1.165, 1.54) is 23.7 Å². The first kappa shape index (κ1) is 21.2. The van der Waals surface area contributed by atoms with Gasteiger partial charge in [-0.1, -0.05) is 0 Å². The molecule has 4 aromatic rings. The van der Waals surface area contributed by atoms with Crippen LogP contribution in [0.1, 0.15) is 5.69 Å². The number of carbonyl (C=O) groups is 1. The van der Waals surface area contributed by atoms with Crippen molar-refractivity contribution in [2.24, 2.45) is 0 Å². The maximum atomic E-state index is 12.3. The number of nitrogens with zero attached hydrogens (tertiary/aromatic N) is 4. The van der Waals surface area contributed by atoms with Crippen molar-refractivity contribution in [2.45, 2.75) is 13.3 Å². The Balaban J connectivity index is 1.72. The smallest absolute Gasteiger partial charge is 0.388 e. The number of aromatic amines is 1. The number of H-pyrrole nitrogens is 1. The van der Waals surface area contributed by atoms with E-state index in [2.05, 4.69) is 35.8 Å². The van der Waals surface area contributed by atoms with E-state index in [0.717, 1.165) is 5.69 Å². The molecule has 0 saturated heterocycles. The predicted molar refractivity (Wildman–Crippen MR) is 112 cm³/mol. The zero-order valence-corrected chi connectivity index (χ0v) is 17.2. The second-order valence-electron chi connectivity index (χ2n) is 6.52. The monoisotopic (exact) mass is 459 g/mol. The maximum absolute atomic E-state index is 12.3. The van der Waals surface area contributed by atoms with Crippen LogP contribution in [0.25, 0.3) is 33.2 Å². The summed E-state index contributed by atoms with van der Waals surface area (Å²) < 4.78 is 29.6. The number of hydrogen-bond donors (Lipinski definition) is 3. The van der Waals surface area contributed by atoms with Crippen molar-refractivity contribution in [1.82, 2.24) is 30.5 Å². The number of nitrogens with one attached hydrogen (secondary N) is 3. The number of urea groups is 1. The van der Waals surface area contributed by atoms with Crippen LogP contribution >= 0.6 is 11.3 Å². The molecule has 0 aliphatic heterocycles. The lowest BCUT2D eigenvalue weighted by molar-refractivity contribution is 0.148. The molecule has 3 N–H and O–H groups in total. The molecule has 13 heteroatoms. The number of amides is 2. The fourth-order valence-electron chi connectivity index (χ4n) is 2.80. The van der Waals surface area contributed by atoms with Crippen LogP contribution in [0.15, 0.2) is 45.3 Å². The van der Waals surface area contributed by atoms with E-state index in [1.54, 1.807) is 18.3 Å². The lowest BCUT2D eigenvalue weighted by Gasteiger charge is -2.11. The summed E-state index contributed by atoms with van der Waals surface area (Å²) in [6.45, 7) is 1.07. The minimum atomic E-state index is -2.66. The van der Waals surface area contributed by atoms with Gasteiger partial charge in [-0.05, 0) is 19.1 Å². The summed E-state index contributed by atoms with van der Waals surface area (Å²) in [5.41, 5.74) is 3.20. The van der Waals surface area contributed by atoms with Gasteiger partial charge in [-0.25, -0.2) is 33.4 Å². The molecule has 0 atom stereocenters. The quantitative estimate of drug-likeness (QED) is 0.402. The first-order valence-electron chi connectivity index (χ1n) is 9.16. The Hall–Kier alpha value is -4.00. The molecule has 0 aliphatic carbocycles. The molecule has 4 heterocycles. The van der Waals surface area contributed by atoms with Crippen LogP contribution in [-0.4, -0.2) is 44.2 Å². The molecular formula is C19H15F2N7O3S. The Morgan fingerprint density at radius 2 is 2.03 bits per heavy atom. The number of pyridine rings is 2. The van der Waals surface area contributed by atoms with E-state index in [4.69, 9.17) is 4.42 Å². The Morgan fingerprint density at radius 1 is 1.22 bits per heavy atom. The van der Waals surface area contributed by atoms with Gasteiger partial charge in [0.2, 0.25) is 0 Å². The molecule has 32 heavy (non-hydrogen) atoms. The number of aromatic nitrogens is 5. The topological polar surface area (TPSA) is 139 Å². The van der Waals surface area contributed by atoms with Gasteiger partial charge in [-0.3, -0.25) is 10.3 Å². The number of aryl methyl sites for hydroxylation is 1. The highest BCUT2D eigenvalue weighted by Gasteiger charge is 2.16. The zero-order chi connectivity index (χ0) is 22.7. The zero-order valence-electron chi connectivity index (χ0n) is 16.4. The Bertz CT molecular complexity index is 1320. The summed E-state index contributed by atoms with van der Waals surface area (Å²) in [5.74, 6) is -0.449. The van der Waals surface area contributed by atoms with Crippen LogP contribution < -0.4 is 16.4 Å².